The van der Waals surface area contributed by atoms with Gasteiger partial charge in [-0.2, -0.15) is 0 Å². The topological polar surface area (TPSA) is 130 Å². The molecule has 0 spiro atoms. The molecule has 0 fully saturated rings. The second kappa shape index (κ2) is 6.89. The average Bonchev–Trinajstić information content (AvgIpc) is 2.55. The van der Waals surface area contributed by atoms with Crippen molar-refractivity contribution >= 4 is 16.0 Å². The van der Waals surface area contributed by atoms with Crippen molar-refractivity contribution in [3.8, 4) is 0 Å². The quantitative estimate of drug-likeness (QED) is 0.724. The first-order valence-electron chi connectivity index (χ1n) is 7.50. The van der Waals surface area contributed by atoms with Gasteiger partial charge >= 0.3 is 11.7 Å². The first kappa shape index (κ1) is 19.6. The normalized spacial score (nSPS) is 11.4. The summed E-state index contributed by atoms with van der Waals surface area (Å²) in [6.45, 7) is 2.91. The van der Waals surface area contributed by atoms with Gasteiger partial charge in [-0.25, -0.2) is 23.1 Å². The Morgan fingerprint density at radius 3 is 2.31 bits per heavy atom. The van der Waals surface area contributed by atoms with Crippen LogP contribution in [0.2, 0.25) is 0 Å². The van der Waals surface area contributed by atoms with Crippen LogP contribution in [-0.2, 0) is 35.5 Å². The minimum Gasteiger partial charge on any atom is -0.456 e. The highest BCUT2D eigenvalue weighted by Crippen LogP contribution is 2.20. The van der Waals surface area contributed by atoms with E-state index < -0.39 is 27.2 Å². The Hall–Kier alpha value is -2.72. The predicted molar refractivity (Wildman–Crippen MR) is 93.3 cm³/mol. The number of nitrogens with zero attached hydrogens (tertiary/aromatic N) is 2. The molecule has 2 N–H and O–H groups in total. The lowest BCUT2D eigenvalue weighted by atomic mass is 10.1. The molecule has 0 aliphatic heterocycles. The SMILES string of the molecule is Cc1cc(C(=O)OCc2cc(=O)n(C)c(=O)n2C)cc(S(N)(=O)=O)c1C. The maximum absolute atomic E-state index is 12.3. The summed E-state index contributed by atoms with van der Waals surface area (Å²) >= 11 is 0. The van der Waals surface area contributed by atoms with E-state index in [2.05, 4.69) is 0 Å². The number of hydrogen-bond acceptors (Lipinski definition) is 6. The summed E-state index contributed by atoms with van der Waals surface area (Å²) in [6.07, 6.45) is 0. The van der Waals surface area contributed by atoms with Crippen molar-refractivity contribution in [2.24, 2.45) is 19.2 Å². The highest BCUT2D eigenvalue weighted by atomic mass is 32.2. The summed E-state index contributed by atoms with van der Waals surface area (Å²) in [6, 6.07) is 3.81. The van der Waals surface area contributed by atoms with Gasteiger partial charge in [0.25, 0.3) is 5.56 Å². The molecule has 0 bridgehead atoms. The lowest BCUT2D eigenvalue weighted by Crippen LogP contribution is -2.38. The molecule has 9 nitrogen and oxygen atoms in total. The third-order valence-corrected chi connectivity index (χ3v) is 5.18. The van der Waals surface area contributed by atoms with Crippen LogP contribution in [0, 0.1) is 13.8 Å². The molecule has 0 radical (unpaired) electrons. The summed E-state index contributed by atoms with van der Waals surface area (Å²) in [4.78, 5) is 35.7. The molecule has 0 aliphatic carbocycles. The second-order valence-corrected chi connectivity index (χ2v) is 7.44. The highest BCUT2D eigenvalue weighted by molar-refractivity contribution is 7.89. The molecule has 1 heterocycles. The molecule has 0 saturated heterocycles. The monoisotopic (exact) mass is 381 g/mol. The smallest absolute Gasteiger partial charge is 0.338 e. The Balaban J connectivity index is 2.34. The number of aryl methyl sites for hydroxylation is 1. The number of sulfonamides is 1. The Morgan fingerprint density at radius 1 is 1.12 bits per heavy atom. The third-order valence-electron chi connectivity index (χ3n) is 4.14. The van der Waals surface area contributed by atoms with E-state index in [0.717, 1.165) is 10.6 Å². The van der Waals surface area contributed by atoms with Crippen molar-refractivity contribution < 1.29 is 17.9 Å². The van der Waals surface area contributed by atoms with Gasteiger partial charge in [-0.3, -0.25) is 13.9 Å². The molecule has 0 aliphatic rings. The zero-order valence-electron chi connectivity index (χ0n) is 14.8. The maximum Gasteiger partial charge on any atom is 0.338 e. The van der Waals surface area contributed by atoms with Crippen LogP contribution in [0.3, 0.4) is 0 Å². The van der Waals surface area contributed by atoms with Gasteiger partial charge in [-0.1, -0.05) is 0 Å². The van der Waals surface area contributed by atoms with Gasteiger partial charge in [0.2, 0.25) is 10.0 Å². The van der Waals surface area contributed by atoms with E-state index in [9.17, 15) is 22.8 Å². The minimum absolute atomic E-state index is 0.00552. The van der Waals surface area contributed by atoms with Crippen molar-refractivity contribution in [3.05, 3.63) is 61.4 Å². The number of rotatable bonds is 4. The van der Waals surface area contributed by atoms with Gasteiger partial charge in [0.1, 0.15) is 6.61 Å². The van der Waals surface area contributed by atoms with Crippen LogP contribution >= 0.6 is 0 Å². The number of nitrogens with two attached hydrogens (primary N) is 1. The van der Waals surface area contributed by atoms with E-state index in [-0.39, 0.29) is 22.8 Å². The molecule has 1 aromatic heterocycles. The highest BCUT2D eigenvalue weighted by Gasteiger charge is 2.18. The largest absolute Gasteiger partial charge is 0.456 e. The Bertz CT molecular complexity index is 1110. The first-order valence-corrected chi connectivity index (χ1v) is 9.05. The molecule has 0 saturated carbocycles. The van der Waals surface area contributed by atoms with E-state index in [4.69, 9.17) is 9.88 Å². The van der Waals surface area contributed by atoms with Crippen molar-refractivity contribution in [1.29, 1.82) is 0 Å². The van der Waals surface area contributed by atoms with Gasteiger partial charge in [-0.05, 0) is 37.1 Å². The molecule has 140 valence electrons. The van der Waals surface area contributed by atoms with E-state index in [0.29, 0.717) is 11.1 Å². The standard InChI is InChI=1S/C16H19N3O6S/c1-9-5-11(6-13(10(9)2)26(17,23)24)15(21)25-8-12-7-14(20)19(4)16(22)18(12)3/h5-7H,8H2,1-4H3,(H2,17,23,24). The summed E-state index contributed by atoms with van der Waals surface area (Å²) < 4.78 is 30.6. The molecular formula is C16H19N3O6S. The zero-order valence-corrected chi connectivity index (χ0v) is 15.6. The number of esters is 1. The van der Waals surface area contributed by atoms with E-state index in [1.807, 2.05) is 0 Å². The summed E-state index contributed by atoms with van der Waals surface area (Å²) in [5.74, 6) is -0.800. The van der Waals surface area contributed by atoms with Crippen LogP contribution in [0.1, 0.15) is 27.2 Å². The first-order chi connectivity index (χ1) is 11.9. The number of aromatic nitrogens is 2. The van der Waals surface area contributed by atoms with Crippen LogP contribution in [0.15, 0.2) is 32.7 Å². The molecule has 2 aromatic rings. The van der Waals surface area contributed by atoms with Gasteiger partial charge in [0.15, 0.2) is 0 Å². The van der Waals surface area contributed by atoms with Crippen molar-refractivity contribution in [2.45, 2.75) is 25.3 Å². The average molecular weight is 381 g/mol. The number of hydrogen-bond donors (Lipinski definition) is 1. The van der Waals surface area contributed by atoms with Crippen molar-refractivity contribution in [2.75, 3.05) is 0 Å². The molecule has 2 rings (SSSR count). The third kappa shape index (κ3) is 3.75. The Kier molecular flexibility index (Phi) is 5.19. The van der Waals surface area contributed by atoms with Gasteiger partial charge in [0, 0.05) is 20.2 Å². The molecule has 0 unspecified atom stereocenters. The number of carbonyl (C=O) groups is 1. The Morgan fingerprint density at radius 2 is 1.73 bits per heavy atom. The van der Waals surface area contributed by atoms with Gasteiger partial charge < -0.3 is 4.74 Å². The lowest BCUT2D eigenvalue weighted by molar-refractivity contribution is 0.0462. The van der Waals surface area contributed by atoms with Gasteiger partial charge in [0.05, 0.1) is 16.2 Å². The lowest BCUT2D eigenvalue weighted by Gasteiger charge is -2.12. The summed E-state index contributed by atoms with van der Waals surface area (Å²) in [5, 5.41) is 5.17. The minimum atomic E-state index is -4.00. The van der Waals surface area contributed by atoms with Crippen LogP contribution in [0.25, 0.3) is 0 Å². The number of benzene rings is 1. The fraction of sp³-hybridized carbons (Fsp3) is 0.312. The molecule has 0 amide bonds. The van der Waals surface area contributed by atoms with Crippen LogP contribution in [-0.4, -0.2) is 23.5 Å². The summed E-state index contributed by atoms with van der Waals surface area (Å²) in [5.41, 5.74) is 0.142. The van der Waals surface area contributed by atoms with Crippen LogP contribution in [0.4, 0.5) is 0 Å². The molecule has 26 heavy (non-hydrogen) atoms. The fourth-order valence-electron chi connectivity index (χ4n) is 2.38. The second-order valence-electron chi connectivity index (χ2n) is 5.91. The Labute approximate surface area is 149 Å². The van der Waals surface area contributed by atoms with E-state index >= 15 is 0 Å². The number of ether oxygens (including phenoxy) is 1. The summed E-state index contributed by atoms with van der Waals surface area (Å²) in [7, 11) is -1.22. The van der Waals surface area contributed by atoms with Crippen molar-refractivity contribution in [3.63, 3.8) is 0 Å². The molecule has 10 heteroatoms. The van der Waals surface area contributed by atoms with Gasteiger partial charge in [-0.15, -0.1) is 0 Å². The molecular weight excluding hydrogens is 362 g/mol. The van der Waals surface area contributed by atoms with Crippen LogP contribution in [0.5, 0.6) is 0 Å². The molecule has 0 atom stereocenters. The van der Waals surface area contributed by atoms with E-state index in [1.165, 1.54) is 30.8 Å². The number of primary sulfonamides is 1. The zero-order chi connectivity index (χ0) is 19.8. The maximum atomic E-state index is 12.3. The fourth-order valence-corrected chi connectivity index (χ4v) is 3.26. The number of carbonyl (C=O) groups excluding carboxylic acids is 1. The van der Waals surface area contributed by atoms with E-state index in [1.54, 1.807) is 13.8 Å². The van der Waals surface area contributed by atoms with Crippen molar-refractivity contribution in [1.82, 2.24) is 9.13 Å². The predicted octanol–water partition coefficient (Wildman–Crippen LogP) is -0.295. The molecule has 1 aromatic carbocycles. The van der Waals surface area contributed by atoms with Crippen LogP contribution < -0.4 is 16.4 Å².